The number of hydrogen-bond acceptors (Lipinski definition) is 6. The third kappa shape index (κ3) is 2.82. The van der Waals surface area contributed by atoms with Gasteiger partial charge in [0.05, 0.1) is 11.8 Å². The van der Waals surface area contributed by atoms with E-state index in [9.17, 15) is 26.0 Å². The molecule has 0 spiro atoms. The number of hydrogen-bond donors (Lipinski definition) is 2. The van der Waals surface area contributed by atoms with Crippen molar-refractivity contribution < 1.29 is 26.0 Å². The Balaban J connectivity index is 2.22. The number of nitrogens with two attached hydrogens (primary N) is 1. The van der Waals surface area contributed by atoms with Gasteiger partial charge in [-0.1, -0.05) is 0 Å². The van der Waals surface area contributed by atoms with Gasteiger partial charge in [0.2, 0.25) is 0 Å². The predicted octanol–water partition coefficient (Wildman–Crippen LogP) is 1.97. The van der Waals surface area contributed by atoms with Gasteiger partial charge in [0.1, 0.15) is 9.90 Å². The number of alkyl halides is 4. The molecular formula is C9H11F4N3O2S2. The molecular weight excluding hydrogens is 322 g/mol. The minimum Gasteiger partial charge on any atom is -0.382 e. The molecule has 20 heavy (non-hydrogen) atoms. The molecule has 0 aliphatic heterocycles. The molecule has 0 aromatic carbocycles. The molecule has 0 radical (unpaired) electrons. The molecule has 0 bridgehead atoms. The average molecular weight is 333 g/mol. The lowest BCUT2D eigenvalue weighted by molar-refractivity contribution is -0.117. The number of rotatable bonds is 6. The van der Waals surface area contributed by atoms with Crippen LogP contribution in [0.3, 0.4) is 0 Å². The molecule has 1 aliphatic rings. The van der Waals surface area contributed by atoms with Gasteiger partial charge in [0.25, 0.3) is 0 Å². The number of nitrogen functional groups attached to an aromatic ring is 1. The van der Waals surface area contributed by atoms with Crippen molar-refractivity contribution in [2.45, 2.75) is 35.3 Å². The lowest BCUT2D eigenvalue weighted by Crippen LogP contribution is -2.34. The second-order valence-corrected chi connectivity index (χ2v) is 7.32. The second kappa shape index (κ2) is 5.02. The van der Waals surface area contributed by atoms with Gasteiger partial charge in [-0.05, 0) is 24.4 Å². The van der Waals surface area contributed by atoms with Crippen LogP contribution < -0.4 is 11.1 Å². The van der Waals surface area contributed by atoms with Gasteiger partial charge in [-0.2, -0.15) is 13.2 Å². The third-order valence-electron chi connectivity index (χ3n) is 2.73. The van der Waals surface area contributed by atoms with Gasteiger partial charge in [-0.25, -0.2) is 17.2 Å². The van der Waals surface area contributed by atoms with Gasteiger partial charge in [0.15, 0.2) is 15.7 Å². The molecule has 0 saturated heterocycles. The highest BCUT2D eigenvalue weighted by Crippen LogP contribution is 2.41. The van der Waals surface area contributed by atoms with Crippen LogP contribution in [0.4, 0.5) is 28.4 Å². The van der Waals surface area contributed by atoms with E-state index in [1.807, 2.05) is 5.32 Å². The molecule has 1 aromatic heterocycles. The Morgan fingerprint density at radius 2 is 2.05 bits per heavy atom. The summed E-state index contributed by atoms with van der Waals surface area (Å²) in [4.78, 5) is -0.366. The van der Waals surface area contributed by atoms with E-state index < -0.39 is 34.0 Å². The summed E-state index contributed by atoms with van der Waals surface area (Å²) in [5.74, 6) is -4.57. The van der Waals surface area contributed by atoms with E-state index in [1.165, 1.54) is 0 Å². The summed E-state index contributed by atoms with van der Waals surface area (Å²) in [6, 6.07) is 0. The lowest BCUT2D eigenvalue weighted by Gasteiger charge is -2.16. The van der Waals surface area contributed by atoms with Crippen molar-refractivity contribution in [1.82, 2.24) is 4.37 Å². The average Bonchev–Trinajstić information content (AvgIpc) is 3.11. The maximum absolute atomic E-state index is 12.8. The van der Waals surface area contributed by atoms with E-state index in [4.69, 9.17) is 5.73 Å². The molecule has 114 valence electrons. The normalized spacial score (nSPS) is 16.6. The molecule has 0 amide bonds. The molecule has 2 rings (SSSR count). The molecule has 5 nitrogen and oxygen atoms in total. The van der Waals surface area contributed by atoms with Crippen molar-refractivity contribution in [2.24, 2.45) is 0 Å². The number of nitrogens with one attached hydrogen (secondary N) is 1. The maximum Gasteiger partial charge on any atom is 0.324 e. The Labute approximate surface area is 116 Å². The number of nitrogens with zero attached hydrogens (tertiary/aromatic N) is 1. The lowest BCUT2D eigenvalue weighted by atomic mass is 10.3. The highest BCUT2D eigenvalue weighted by atomic mass is 32.2. The van der Waals surface area contributed by atoms with E-state index in [2.05, 4.69) is 4.37 Å². The standard InChI is InChI=1S/C9H11F4N3O2S2/c10-8(11)9(12,13)3-15-7-5(6(14)16-19-7)20(17,18)4-1-2-4/h4,8,15H,1-3H2,(H2,14,16). The summed E-state index contributed by atoms with van der Waals surface area (Å²) in [6.07, 6.45) is -2.92. The molecule has 1 saturated carbocycles. The van der Waals surface area contributed by atoms with Gasteiger partial charge in [-0.3, -0.25) is 0 Å². The minimum absolute atomic E-state index is 0.227. The van der Waals surface area contributed by atoms with E-state index in [0.717, 1.165) is 0 Å². The molecule has 3 N–H and O–H groups in total. The second-order valence-electron chi connectivity index (χ2n) is 4.39. The summed E-state index contributed by atoms with van der Waals surface area (Å²) >= 11 is 0.557. The molecule has 0 atom stereocenters. The minimum atomic E-state index is -4.26. The Hall–Kier alpha value is -1.10. The maximum atomic E-state index is 12.8. The summed E-state index contributed by atoms with van der Waals surface area (Å²) in [5.41, 5.74) is 5.44. The van der Waals surface area contributed by atoms with Crippen LogP contribution in [0.25, 0.3) is 0 Å². The zero-order chi connectivity index (χ0) is 15.1. The van der Waals surface area contributed by atoms with E-state index in [-0.39, 0.29) is 15.7 Å². The third-order valence-corrected chi connectivity index (χ3v) is 6.01. The summed E-state index contributed by atoms with van der Waals surface area (Å²) < 4.78 is 77.5. The van der Waals surface area contributed by atoms with Crippen molar-refractivity contribution in [3.8, 4) is 0 Å². The molecule has 1 aliphatic carbocycles. The van der Waals surface area contributed by atoms with Crippen LogP contribution in [0, 0.1) is 0 Å². The fraction of sp³-hybridized carbons (Fsp3) is 0.667. The Morgan fingerprint density at radius 3 is 2.55 bits per heavy atom. The topological polar surface area (TPSA) is 85.1 Å². The predicted molar refractivity (Wildman–Crippen MR) is 66.2 cm³/mol. The van der Waals surface area contributed by atoms with Crippen molar-refractivity contribution in [1.29, 1.82) is 0 Å². The van der Waals surface area contributed by atoms with Crippen LogP contribution in [0.2, 0.25) is 0 Å². The Bertz CT molecular complexity index is 598. The largest absolute Gasteiger partial charge is 0.382 e. The fourth-order valence-corrected chi connectivity index (χ4v) is 4.38. The summed E-state index contributed by atoms with van der Waals surface area (Å²) in [6.45, 7) is -1.39. The van der Waals surface area contributed by atoms with Crippen LogP contribution in [-0.2, 0) is 9.84 Å². The van der Waals surface area contributed by atoms with Gasteiger partial charge < -0.3 is 11.1 Å². The molecule has 11 heteroatoms. The Kier molecular flexibility index (Phi) is 3.84. The zero-order valence-corrected chi connectivity index (χ0v) is 11.6. The molecule has 1 fully saturated rings. The van der Waals surface area contributed by atoms with Crippen LogP contribution in [0.5, 0.6) is 0 Å². The number of sulfone groups is 1. The monoisotopic (exact) mass is 333 g/mol. The van der Waals surface area contributed by atoms with E-state index in [0.29, 0.717) is 24.4 Å². The first kappa shape index (κ1) is 15.3. The van der Waals surface area contributed by atoms with Gasteiger partial charge >= 0.3 is 12.3 Å². The van der Waals surface area contributed by atoms with Crippen molar-refractivity contribution in [3.05, 3.63) is 0 Å². The first-order chi connectivity index (χ1) is 9.16. The highest BCUT2D eigenvalue weighted by molar-refractivity contribution is 7.92. The van der Waals surface area contributed by atoms with E-state index in [1.54, 1.807) is 0 Å². The number of aromatic nitrogens is 1. The summed E-state index contributed by atoms with van der Waals surface area (Å²) in [7, 11) is -3.74. The first-order valence-corrected chi connectivity index (χ1v) is 7.87. The van der Waals surface area contributed by atoms with Crippen LogP contribution in [-0.4, -0.2) is 36.9 Å². The van der Waals surface area contributed by atoms with Crippen LogP contribution >= 0.6 is 11.5 Å². The zero-order valence-electron chi connectivity index (χ0n) is 9.95. The molecule has 1 aromatic rings. The number of anilines is 2. The van der Waals surface area contributed by atoms with Crippen molar-refractivity contribution >= 4 is 32.2 Å². The van der Waals surface area contributed by atoms with Crippen molar-refractivity contribution in [2.75, 3.05) is 17.6 Å². The fourth-order valence-electron chi connectivity index (χ4n) is 1.50. The van der Waals surface area contributed by atoms with E-state index >= 15 is 0 Å². The first-order valence-electron chi connectivity index (χ1n) is 5.55. The van der Waals surface area contributed by atoms with Crippen molar-refractivity contribution in [3.63, 3.8) is 0 Å². The highest BCUT2D eigenvalue weighted by Gasteiger charge is 2.43. The Morgan fingerprint density at radius 1 is 1.45 bits per heavy atom. The molecule has 1 heterocycles. The van der Waals surface area contributed by atoms with Gasteiger partial charge in [0, 0.05) is 0 Å². The number of halogens is 4. The quantitative estimate of drug-likeness (QED) is 0.778. The molecule has 0 unspecified atom stereocenters. The summed E-state index contributed by atoms with van der Waals surface area (Å²) in [5, 5.41) is 1.18. The van der Waals surface area contributed by atoms with Gasteiger partial charge in [-0.15, -0.1) is 0 Å². The van der Waals surface area contributed by atoms with Crippen LogP contribution in [0.1, 0.15) is 12.8 Å². The van der Waals surface area contributed by atoms with Crippen LogP contribution in [0.15, 0.2) is 4.90 Å². The SMILES string of the molecule is Nc1nsc(NCC(F)(F)C(F)F)c1S(=O)(=O)C1CC1. The smallest absolute Gasteiger partial charge is 0.324 e.